The van der Waals surface area contributed by atoms with E-state index in [2.05, 4.69) is 0 Å². The molecule has 1 aromatic rings. The number of rotatable bonds is 2. The van der Waals surface area contributed by atoms with Gasteiger partial charge in [0.1, 0.15) is 17.4 Å². The van der Waals surface area contributed by atoms with Crippen molar-refractivity contribution in [2.45, 2.75) is 37.1 Å². The molecular formula is C13H15F4NO. The summed E-state index contributed by atoms with van der Waals surface area (Å²) in [5.41, 5.74) is 4.79. The van der Waals surface area contributed by atoms with Crippen molar-refractivity contribution in [1.29, 1.82) is 0 Å². The third-order valence-electron chi connectivity index (χ3n) is 3.61. The van der Waals surface area contributed by atoms with Gasteiger partial charge in [-0.3, -0.25) is 0 Å². The maximum Gasteiger partial charge on any atom is 0.248 e. The molecule has 0 amide bonds. The van der Waals surface area contributed by atoms with Crippen molar-refractivity contribution in [3.05, 3.63) is 29.3 Å². The van der Waals surface area contributed by atoms with Crippen LogP contribution in [-0.2, 0) is 5.54 Å². The molecule has 1 aromatic carbocycles. The lowest BCUT2D eigenvalue weighted by Gasteiger charge is -2.38. The van der Waals surface area contributed by atoms with Crippen molar-refractivity contribution in [2.75, 3.05) is 7.11 Å². The molecule has 0 unspecified atom stereocenters. The van der Waals surface area contributed by atoms with Gasteiger partial charge in [-0.15, -0.1) is 0 Å². The first-order valence-corrected chi connectivity index (χ1v) is 5.98. The molecule has 1 aliphatic carbocycles. The second-order valence-electron chi connectivity index (χ2n) is 4.98. The van der Waals surface area contributed by atoms with E-state index in [1.807, 2.05) is 0 Å². The van der Waals surface area contributed by atoms with E-state index in [4.69, 9.17) is 10.5 Å². The summed E-state index contributed by atoms with van der Waals surface area (Å²) >= 11 is 0. The van der Waals surface area contributed by atoms with Gasteiger partial charge in [-0.05, 0) is 12.8 Å². The molecule has 2 N–H and O–H groups in total. The van der Waals surface area contributed by atoms with Crippen molar-refractivity contribution in [2.24, 2.45) is 5.73 Å². The van der Waals surface area contributed by atoms with Crippen LogP contribution in [0.15, 0.2) is 12.1 Å². The zero-order chi connectivity index (χ0) is 14.3. The average molecular weight is 277 g/mol. The summed E-state index contributed by atoms with van der Waals surface area (Å²) < 4.78 is 58.3. The van der Waals surface area contributed by atoms with Crippen LogP contribution in [0.3, 0.4) is 0 Å². The fourth-order valence-corrected chi connectivity index (χ4v) is 2.51. The van der Waals surface area contributed by atoms with Crippen LogP contribution in [0.1, 0.15) is 31.2 Å². The Morgan fingerprint density at radius 3 is 2.21 bits per heavy atom. The van der Waals surface area contributed by atoms with Crippen LogP contribution < -0.4 is 10.5 Å². The summed E-state index contributed by atoms with van der Waals surface area (Å²) in [6.07, 6.45) is -0.967. The highest BCUT2D eigenvalue weighted by atomic mass is 19.3. The fraction of sp³-hybridized carbons (Fsp3) is 0.538. The highest BCUT2D eigenvalue weighted by Crippen LogP contribution is 2.45. The van der Waals surface area contributed by atoms with E-state index in [9.17, 15) is 17.6 Å². The van der Waals surface area contributed by atoms with E-state index < -0.39 is 35.9 Å². The minimum absolute atomic E-state index is 0.0214. The standard InChI is InChI=1S/C13H15F4NO/c1-19-10-7-8(14)6-9(15)11(10)12(18)2-4-13(16,17)5-3-12/h6-7H,2-5,18H2,1H3. The van der Waals surface area contributed by atoms with Crippen LogP contribution in [0.25, 0.3) is 0 Å². The van der Waals surface area contributed by atoms with Crippen molar-refractivity contribution in [3.63, 3.8) is 0 Å². The largest absolute Gasteiger partial charge is 0.496 e. The van der Waals surface area contributed by atoms with Crippen LogP contribution >= 0.6 is 0 Å². The molecular weight excluding hydrogens is 262 g/mol. The van der Waals surface area contributed by atoms with Gasteiger partial charge in [0.2, 0.25) is 5.92 Å². The molecule has 0 aliphatic heterocycles. The Morgan fingerprint density at radius 2 is 1.68 bits per heavy atom. The maximum absolute atomic E-state index is 13.9. The topological polar surface area (TPSA) is 35.2 Å². The van der Waals surface area contributed by atoms with E-state index in [-0.39, 0.29) is 24.2 Å². The molecule has 1 fully saturated rings. The summed E-state index contributed by atoms with van der Waals surface area (Å²) in [4.78, 5) is 0. The fourth-order valence-electron chi connectivity index (χ4n) is 2.51. The van der Waals surface area contributed by atoms with Gasteiger partial charge in [-0.2, -0.15) is 0 Å². The van der Waals surface area contributed by atoms with Gasteiger partial charge in [0.25, 0.3) is 0 Å². The molecule has 0 aromatic heterocycles. The number of hydrogen-bond acceptors (Lipinski definition) is 2. The zero-order valence-corrected chi connectivity index (χ0v) is 10.5. The molecule has 2 nitrogen and oxygen atoms in total. The number of halogens is 4. The highest BCUT2D eigenvalue weighted by Gasteiger charge is 2.44. The van der Waals surface area contributed by atoms with Crippen molar-refractivity contribution in [3.8, 4) is 5.75 Å². The SMILES string of the molecule is COc1cc(F)cc(F)c1C1(N)CCC(F)(F)CC1. The Balaban J connectivity index is 2.41. The van der Waals surface area contributed by atoms with Gasteiger partial charge < -0.3 is 10.5 Å². The third kappa shape index (κ3) is 2.68. The monoisotopic (exact) mass is 277 g/mol. The first-order chi connectivity index (χ1) is 8.77. The number of hydrogen-bond donors (Lipinski definition) is 1. The molecule has 19 heavy (non-hydrogen) atoms. The number of methoxy groups -OCH3 is 1. The lowest BCUT2D eigenvalue weighted by Crippen LogP contribution is -2.44. The molecule has 6 heteroatoms. The van der Waals surface area contributed by atoms with Gasteiger partial charge in [-0.1, -0.05) is 0 Å². The molecule has 0 spiro atoms. The number of alkyl halides is 2. The second kappa shape index (κ2) is 4.67. The summed E-state index contributed by atoms with van der Waals surface area (Å²) in [6.45, 7) is 0. The Bertz CT molecular complexity index is 480. The van der Waals surface area contributed by atoms with Crippen LogP contribution in [0.5, 0.6) is 5.75 Å². The summed E-state index contributed by atoms with van der Waals surface area (Å²) in [5.74, 6) is -4.45. The highest BCUT2D eigenvalue weighted by molar-refractivity contribution is 5.41. The van der Waals surface area contributed by atoms with E-state index >= 15 is 0 Å². The summed E-state index contributed by atoms with van der Waals surface area (Å²) in [6, 6.07) is 1.71. The third-order valence-corrected chi connectivity index (χ3v) is 3.61. The van der Waals surface area contributed by atoms with Crippen molar-refractivity contribution >= 4 is 0 Å². The van der Waals surface area contributed by atoms with Crippen molar-refractivity contribution < 1.29 is 22.3 Å². The van der Waals surface area contributed by atoms with Crippen LogP contribution in [0.4, 0.5) is 17.6 Å². The smallest absolute Gasteiger partial charge is 0.248 e. The Labute approximate surface area is 108 Å². The predicted octanol–water partition coefficient (Wildman–Crippen LogP) is 3.34. The summed E-state index contributed by atoms with van der Waals surface area (Å²) in [5, 5.41) is 0. The van der Waals surface area contributed by atoms with E-state index in [1.54, 1.807) is 0 Å². The molecule has 1 saturated carbocycles. The van der Waals surface area contributed by atoms with E-state index in [0.717, 1.165) is 6.07 Å². The van der Waals surface area contributed by atoms with Crippen LogP contribution in [-0.4, -0.2) is 13.0 Å². The van der Waals surface area contributed by atoms with Crippen LogP contribution in [0.2, 0.25) is 0 Å². The molecule has 0 atom stereocenters. The van der Waals surface area contributed by atoms with Gasteiger partial charge in [0, 0.05) is 36.1 Å². The van der Waals surface area contributed by atoms with Gasteiger partial charge in [0.05, 0.1) is 7.11 Å². The molecule has 2 rings (SSSR count). The van der Waals surface area contributed by atoms with Gasteiger partial charge in [0.15, 0.2) is 0 Å². The van der Waals surface area contributed by atoms with E-state index in [0.29, 0.717) is 6.07 Å². The molecule has 0 radical (unpaired) electrons. The van der Waals surface area contributed by atoms with Crippen molar-refractivity contribution in [1.82, 2.24) is 0 Å². The zero-order valence-electron chi connectivity index (χ0n) is 10.5. The Hall–Kier alpha value is -1.30. The Morgan fingerprint density at radius 1 is 1.11 bits per heavy atom. The minimum atomic E-state index is -2.77. The lowest BCUT2D eigenvalue weighted by atomic mass is 9.75. The molecule has 0 bridgehead atoms. The molecule has 106 valence electrons. The summed E-state index contributed by atoms with van der Waals surface area (Å²) in [7, 11) is 1.26. The van der Waals surface area contributed by atoms with Gasteiger partial charge in [-0.25, -0.2) is 17.6 Å². The first-order valence-electron chi connectivity index (χ1n) is 5.98. The molecule has 0 heterocycles. The predicted molar refractivity (Wildman–Crippen MR) is 62.2 cm³/mol. The molecule has 0 saturated heterocycles. The Kier molecular flexibility index (Phi) is 3.47. The number of benzene rings is 1. The quantitative estimate of drug-likeness (QED) is 0.841. The maximum atomic E-state index is 13.9. The number of ether oxygens (including phenoxy) is 1. The average Bonchev–Trinajstić information content (AvgIpc) is 2.32. The normalized spacial score (nSPS) is 21.2. The minimum Gasteiger partial charge on any atom is -0.496 e. The first kappa shape index (κ1) is 14.1. The lowest BCUT2D eigenvalue weighted by molar-refractivity contribution is -0.0520. The van der Waals surface area contributed by atoms with E-state index in [1.165, 1.54) is 7.11 Å². The second-order valence-corrected chi connectivity index (χ2v) is 4.98. The van der Waals surface area contributed by atoms with Gasteiger partial charge >= 0.3 is 0 Å². The molecule has 1 aliphatic rings. The van der Waals surface area contributed by atoms with Crippen LogP contribution in [0, 0.1) is 11.6 Å². The number of nitrogens with two attached hydrogens (primary N) is 1.